The summed E-state index contributed by atoms with van der Waals surface area (Å²) in [5.41, 5.74) is 0.857. The maximum Gasteiger partial charge on any atom is 0.336 e. The number of hydrogen-bond acceptors (Lipinski definition) is 4. The Morgan fingerprint density at radius 2 is 1.95 bits per heavy atom. The van der Waals surface area contributed by atoms with E-state index in [1.165, 1.54) is 22.8 Å². The maximum absolute atomic E-state index is 12.3. The Morgan fingerprint density at radius 3 is 2.50 bits per heavy atom. The lowest BCUT2D eigenvalue weighted by Crippen LogP contribution is -2.25. The molecule has 0 atom stereocenters. The molecule has 0 bridgehead atoms. The van der Waals surface area contributed by atoms with E-state index in [9.17, 15) is 13.2 Å². The second-order valence-electron chi connectivity index (χ2n) is 4.21. The molecule has 7 heteroatoms. The summed E-state index contributed by atoms with van der Waals surface area (Å²) in [7, 11) is -2.19. The van der Waals surface area contributed by atoms with Crippen molar-refractivity contribution in [3.63, 3.8) is 0 Å². The molecule has 0 aliphatic carbocycles. The highest BCUT2D eigenvalue weighted by atomic mass is 32.2. The molecule has 106 valence electrons. The zero-order valence-corrected chi connectivity index (χ0v) is 12.3. The predicted molar refractivity (Wildman–Crippen MR) is 76.4 cm³/mol. The number of aromatic carboxylic acids is 1. The molecule has 1 aromatic heterocycles. The predicted octanol–water partition coefficient (Wildman–Crippen LogP) is 2.27. The van der Waals surface area contributed by atoms with Gasteiger partial charge in [0.1, 0.15) is 4.21 Å². The van der Waals surface area contributed by atoms with Crippen molar-refractivity contribution < 1.29 is 18.3 Å². The van der Waals surface area contributed by atoms with Crippen molar-refractivity contribution in [2.45, 2.75) is 10.8 Å². The fraction of sp³-hybridized carbons (Fsp3) is 0.154. The summed E-state index contributed by atoms with van der Waals surface area (Å²) >= 11 is 0.913. The van der Waals surface area contributed by atoms with Gasteiger partial charge < -0.3 is 5.11 Å². The Bertz CT molecular complexity index is 707. The molecule has 5 nitrogen and oxygen atoms in total. The number of benzene rings is 1. The van der Waals surface area contributed by atoms with Gasteiger partial charge in [-0.1, -0.05) is 30.3 Å². The molecule has 0 aliphatic heterocycles. The van der Waals surface area contributed by atoms with Gasteiger partial charge in [-0.2, -0.15) is 4.31 Å². The summed E-state index contributed by atoms with van der Waals surface area (Å²) in [6.07, 6.45) is 0. The number of hydrogen-bond donors (Lipinski definition) is 1. The SMILES string of the molecule is CN(Cc1ccccc1)S(=O)(=O)c1cc(C(=O)O)cs1. The third kappa shape index (κ3) is 3.06. The lowest BCUT2D eigenvalue weighted by Gasteiger charge is -2.15. The van der Waals surface area contributed by atoms with Crippen LogP contribution in [0.1, 0.15) is 15.9 Å². The Balaban J connectivity index is 2.23. The van der Waals surface area contributed by atoms with Crippen molar-refractivity contribution in [1.82, 2.24) is 4.31 Å². The van der Waals surface area contributed by atoms with Gasteiger partial charge in [-0.05, 0) is 11.6 Å². The monoisotopic (exact) mass is 311 g/mol. The zero-order chi connectivity index (χ0) is 14.8. The first kappa shape index (κ1) is 14.7. The van der Waals surface area contributed by atoms with Crippen LogP contribution in [0.4, 0.5) is 0 Å². The summed E-state index contributed by atoms with van der Waals surface area (Å²) in [4.78, 5) is 10.8. The third-order valence-corrected chi connectivity index (χ3v) is 5.95. The van der Waals surface area contributed by atoms with Crippen LogP contribution >= 0.6 is 11.3 Å². The molecule has 0 radical (unpaired) electrons. The van der Waals surface area contributed by atoms with Crippen LogP contribution < -0.4 is 0 Å². The van der Waals surface area contributed by atoms with Crippen molar-refractivity contribution in [1.29, 1.82) is 0 Å². The topological polar surface area (TPSA) is 74.7 Å². The highest BCUT2D eigenvalue weighted by Crippen LogP contribution is 2.24. The first-order valence-corrected chi connectivity index (χ1v) is 8.05. The van der Waals surface area contributed by atoms with E-state index in [0.717, 1.165) is 16.9 Å². The molecule has 1 heterocycles. The summed E-state index contributed by atoms with van der Waals surface area (Å²) in [6.45, 7) is 0.240. The number of carboxylic acids is 1. The molecule has 0 aliphatic rings. The fourth-order valence-electron chi connectivity index (χ4n) is 1.64. The van der Waals surface area contributed by atoms with E-state index in [4.69, 9.17) is 5.11 Å². The molecule has 2 rings (SSSR count). The summed E-state index contributed by atoms with van der Waals surface area (Å²) in [5, 5.41) is 10.2. The molecule has 1 aromatic carbocycles. The van der Waals surface area contributed by atoms with Crippen LogP contribution in [0.3, 0.4) is 0 Å². The van der Waals surface area contributed by atoms with Crippen molar-refractivity contribution in [3.05, 3.63) is 52.9 Å². The van der Waals surface area contributed by atoms with E-state index in [-0.39, 0.29) is 16.3 Å². The summed E-state index contributed by atoms with van der Waals surface area (Å²) in [5.74, 6) is -1.13. The quantitative estimate of drug-likeness (QED) is 0.919. The smallest absolute Gasteiger partial charge is 0.336 e. The molecule has 0 fully saturated rings. The molecule has 1 N–H and O–H groups in total. The Morgan fingerprint density at radius 1 is 1.30 bits per heavy atom. The van der Waals surface area contributed by atoms with Gasteiger partial charge in [-0.15, -0.1) is 11.3 Å². The Hall–Kier alpha value is -1.70. The summed E-state index contributed by atoms with van der Waals surface area (Å²) in [6, 6.07) is 10.4. The number of carboxylic acid groups (broad SMARTS) is 1. The number of nitrogens with zero attached hydrogens (tertiary/aromatic N) is 1. The summed E-state index contributed by atoms with van der Waals surface area (Å²) < 4.78 is 25.9. The lowest BCUT2D eigenvalue weighted by molar-refractivity contribution is 0.0697. The third-order valence-electron chi connectivity index (χ3n) is 2.73. The molecule has 0 saturated heterocycles. The number of thiophene rings is 1. The minimum atomic E-state index is -3.66. The Labute approximate surface area is 121 Å². The molecule has 0 unspecified atom stereocenters. The van der Waals surface area contributed by atoms with Crippen LogP contribution in [0.5, 0.6) is 0 Å². The molecular formula is C13H13NO4S2. The van der Waals surface area contributed by atoms with Crippen LogP contribution in [0.15, 0.2) is 46.0 Å². The molecule has 20 heavy (non-hydrogen) atoms. The Kier molecular flexibility index (Phi) is 4.22. The van der Waals surface area contributed by atoms with Gasteiger partial charge in [0.05, 0.1) is 5.56 Å². The van der Waals surface area contributed by atoms with E-state index < -0.39 is 16.0 Å². The normalized spacial score (nSPS) is 11.7. The molecular weight excluding hydrogens is 298 g/mol. The standard InChI is InChI=1S/C13H13NO4S2/c1-14(8-10-5-3-2-4-6-10)20(17,18)12-7-11(9-19-12)13(15)16/h2-7,9H,8H2,1H3,(H,15,16). The average Bonchev–Trinajstić information content (AvgIpc) is 2.90. The van der Waals surface area contributed by atoms with Gasteiger partial charge in [-0.25, -0.2) is 13.2 Å². The largest absolute Gasteiger partial charge is 0.478 e. The van der Waals surface area contributed by atoms with Crippen LogP contribution in [0.25, 0.3) is 0 Å². The second kappa shape index (κ2) is 5.74. The van der Waals surface area contributed by atoms with Crippen molar-refractivity contribution in [3.8, 4) is 0 Å². The maximum atomic E-state index is 12.3. The molecule has 2 aromatic rings. The lowest BCUT2D eigenvalue weighted by atomic mass is 10.2. The van der Waals surface area contributed by atoms with E-state index in [1.54, 1.807) is 0 Å². The number of rotatable bonds is 5. The molecule has 0 saturated carbocycles. The highest BCUT2D eigenvalue weighted by Gasteiger charge is 2.24. The minimum absolute atomic E-state index is 0.0123. The molecule has 0 spiro atoms. The van der Waals surface area contributed by atoms with Gasteiger partial charge in [0.25, 0.3) is 10.0 Å². The van der Waals surface area contributed by atoms with Gasteiger partial charge >= 0.3 is 5.97 Å². The zero-order valence-electron chi connectivity index (χ0n) is 10.7. The highest BCUT2D eigenvalue weighted by molar-refractivity contribution is 7.91. The second-order valence-corrected chi connectivity index (χ2v) is 7.39. The van der Waals surface area contributed by atoms with E-state index in [1.807, 2.05) is 30.3 Å². The van der Waals surface area contributed by atoms with Crippen molar-refractivity contribution >= 4 is 27.3 Å². The van der Waals surface area contributed by atoms with Gasteiger partial charge in [0, 0.05) is 19.0 Å². The van der Waals surface area contributed by atoms with Crippen LogP contribution in [-0.4, -0.2) is 30.8 Å². The average molecular weight is 311 g/mol. The fourth-order valence-corrected chi connectivity index (χ4v) is 4.16. The van der Waals surface area contributed by atoms with Crippen LogP contribution in [-0.2, 0) is 16.6 Å². The molecule has 0 amide bonds. The number of sulfonamides is 1. The van der Waals surface area contributed by atoms with Crippen LogP contribution in [0, 0.1) is 0 Å². The van der Waals surface area contributed by atoms with E-state index in [2.05, 4.69) is 0 Å². The van der Waals surface area contributed by atoms with E-state index >= 15 is 0 Å². The van der Waals surface area contributed by atoms with E-state index in [0.29, 0.717) is 0 Å². The van der Waals surface area contributed by atoms with Gasteiger partial charge in [0.15, 0.2) is 0 Å². The number of carbonyl (C=O) groups is 1. The van der Waals surface area contributed by atoms with Crippen LogP contribution in [0.2, 0.25) is 0 Å². The van der Waals surface area contributed by atoms with Crippen molar-refractivity contribution in [2.24, 2.45) is 0 Å². The first-order chi connectivity index (χ1) is 9.41. The van der Waals surface area contributed by atoms with Crippen molar-refractivity contribution in [2.75, 3.05) is 7.05 Å². The first-order valence-electron chi connectivity index (χ1n) is 5.73. The van der Waals surface area contributed by atoms with Gasteiger partial charge in [-0.3, -0.25) is 0 Å². The van der Waals surface area contributed by atoms with Gasteiger partial charge in [0.2, 0.25) is 0 Å². The minimum Gasteiger partial charge on any atom is -0.478 e.